The number of rotatable bonds is 3. The summed E-state index contributed by atoms with van der Waals surface area (Å²) in [5.41, 5.74) is 1.07. The molecule has 0 aromatic heterocycles. The molecule has 1 unspecified atom stereocenters. The summed E-state index contributed by atoms with van der Waals surface area (Å²) in [5.74, 6) is -1.02. The second-order valence-corrected chi connectivity index (χ2v) is 5.51. The van der Waals surface area contributed by atoms with E-state index in [1.165, 1.54) is 12.1 Å². The summed E-state index contributed by atoms with van der Waals surface area (Å²) >= 11 is 17.5. The summed E-state index contributed by atoms with van der Waals surface area (Å²) < 4.78 is 26.5. The van der Waals surface area contributed by atoms with Crippen molar-refractivity contribution in [3.05, 3.63) is 62.6 Å². The second-order valence-electron chi connectivity index (χ2n) is 4.28. The minimum Gasteiger partial charge on any atom is -0.376 e. The Bertz CT molecular complexity index is 623. The number of hydrogen-bond donors (Lipinski definition) is 1. The maximum Gasteiger partial charge on any atom is 0.142 e. The molecule has 20 heavy (non-hydrogen) atoms. The molecular weight excluding hydrogens is 327 g/mol. The van der Waals surface area contributed by atoms with Crippen LogP contribution in [0.2, 0.25) is 15.1 Å². The average Bonchev–Trinajstić information content (AvgIpc) is 2.36. The number of halogens is 5. The van der Waals surface area contributed by atoms with Crippen molar-refractivity contribution in [2.24, 2.45) is 0 Å². The molecule has 0 radical (unpaired) electrons. The van der Waals surface area contributed by atoms with Crippen LogP contribution in [-0.4, -0.2) is 0 Å². The molecule has 1 nitrogen and oxygen atoms in total. The molecule has 1 atom stereocenters. The van der Waals surface area contributed by atoms with Crippen LogP contribution in [0.25, 0.3) is 0 Å². The van der Waals surface area contributed by atoms with Gasteiger partial charge >= 0.3 is 0 Å². The largest absolute Gasteiger partial charge is 0.376 e. The fraction of sp³-hybridized carbons (Fsp3) is 0.143. The minimum atomic E-state index is -0.518. The molecule has 0 saturated heterocycles. The summed E-state index contributed by atoms with van der Waals surface area (Å²) in [6.07, 6.45) is 0. The smallest absolute Gasteiger partial charge is 0.142 e. The lowest BCUT2D eigenvalue weighted by molar-refractivity contribution is 0.624. The molecule has 106 valence electrons. The van der Waals surface area contributed by atoms with E-state index < -0.39 is 11.6 Å². The predicted molar refractivity (Wildman–Crippen MR) is 79.9 cm³/mol. The molecule has 0 amide bonds. The quantitative estimate of drug-likeness (QED) is 0.714. The molecule has 0 aliphatic rings. The monoisotopic (exact) mass is 335 g/mol. The van der Waals surface area contributed by atoms with Gasteiger partial charge in [0.25, 0.3) is 0 Å². The van der Waals surface area contributed by atoms with Crippen LogP contribution in [-0.2, 0) is 0 Å². The molecule has 0 fully saturated rings. The van der Waals surface area contributed by atoms with Crippen molar-refractivity contribution < 1.29 is 8.78 Å². The lowest BCUT2D eigenvalue weighted by Gasteiger charge is -2.18. The van der Waals surface area contributed by atoms with E-state index in [9.17, 15) is 8.78 Å². The van der Waals surface area contributed by atoms with Gasteiger partial charge in [-0.25, -0.2) is 8.78 Å². The molecule has 0 spiro atoms. The van der Waals surface area contributed by atoms with E-state index in [1.807, 2.05) is 0 Å². The van der Waals surface area contributed by atoms with E-state index in [1.54, 1.807) is 13.0 Å². The van der Waals surface area contributed by atoms with E-state index in [2.05, 4.69) is 5.32 Å². The van der Waals surface area contributed by atoms with Crippen molar-refractivity contribution in [2.45, 2.75) is 13.0 Å². The van der Waals surface area contributed by atoms with Gasteiger partial charge in [-0.05, 0) is 36.8 Å². The van der Waals surface area contributed by atoms with Gasteiger partial charge in [0, 0.05) is 6.04 Å². The number of benzene rings is 2. The van der Waals surface area contributed by atoms with Crippen molar-refractivity contribution in [3.63, 3.8) is 0 Å². The van der Waals surface area contributed by atoms with Gasteiger partial charge in [0.15, 0.2) is 0 Å². The Morgan fingerprint density at radius 2 is 1.55 bits per heavy atom. The van der Waals surface area contributed by atoms with Gasteiger partial charge in [-0.1, -0.05) is 40.9 Å². The third-order valence-corrected chi connectivity index (χ3v) is 3.71. The summed E-state index contributed by atoms with van der Waals surface area (Å²) in [4.78, 5) is 0. The van der Waals surface area contributed by atoms with Gasteiger partial charge in [-0.15, -0.1) is 0 Å². The van der Waals surface area contributed by atoms with Crippen LogP contribution in [0, 0.1) is 11.6 Å². The Morgan fingerprint density at radius 3 is 2.10 bits per heavy atom. The molecular formula is C14H10Cl3F2N. The highest BCUT2D eigenvalue weighted by Gasteiger charge is 2.13. The highest BCUT2D eigenvalue weighted by Crippen LogP contribution is 2.34. The van der Waals surface area contributed by atoms with E-state index in [4.69, 9.17) is 34.8 Å². The van der Waals surface area contributed by atoms with Gasteiger partial charge < -0.3 is 5.32 Å². The normalized spacial score (nSPS) is 12.3. The highest BCUT2D eigenvalue weighted by atomic mass is 35.5. The Hall–Kier alpha value is -1.03. The highest BCUT2D eigenvalue weighted by molar-refractivity contribution is 6.39. The van der Waals surface area contributed by atoms with Crippen LogP contribution < -0.4 is 5.32 Å². The fourth-order valence-corrected chi connectivity index (χ4v) is 2.45. The van der Waals surface area contributed by atoms with Gasteiger partial charge in [-0.2, -0.15) is 0 Å². The predicted octanol–water partition coefficient (Wildman–Crippen LogP) is 6.10. The Kier molecular flexibility index (Phi) is 4.74. The molecule has 1 N–H and O–H groups in total. The van der Waals surface area contributed by atoms with Crippen LogP contribution in [0.5, 0.6) is 0 Å². The molecule has 2 aromatic rings. The zero-order valence-electron chi connectivity index (χ0n) is 10.4. The van der Waals surface area contributed by atoms with Gasteiger partial charge in [-0.3, -0.25) is 0 Å². The summed E-state index contributed by atoms with van der Waals surface area (Å²) in [6.45, 7) is 1.80. The third kappa shape index (κ3) is 3.35. The molecule has 0 saturated carbocycles. The topological polar surface area (TPSA) is 12.0 Å². The molecule has 0 aliphatic carbocycles. The first-order valence-corrected chi connectivity index (χ1v) is 6.88. The standard InChI is InChI=1S/C14H10Cl3F2N/c1-7(8-2-3-10(15)13(19)4-8)20-14-11(16)5-9(18)6-12(14)17/h2-7,20H,1H3. The van der Waals surface area contributed by atoms with Crippen molar-refractivity contribution in [2.75, 3.05) is 5.32 Å². The SMILES string of the molecule is CC(Nc1c(Cl)cc(F)cc1Cl)c1ccc(Cl)c(F)c1. The van der Waals surface area contributed by atoms with Crippen LogP contribution >= 0.6 is 34.8 Å². The van der Waals surface area contributed by atoms with E-state index in [0.29, 0.717) is 11.3 Å². The zero-order valence-corrected chi connectivity index (χ0v) is 12.6. The molecule has 0 bridgehead atoms. The van der Waals surface area contributed by atoms with E-state index in [-0.39, 0.29) is 21.1 Å². The van der Waals surface area contributed by atoms with Gasteiger partial charge in [0.05, 0.1) is 20.8 Å². The Labute approximate surface area is 130 Å². The minimum absolute atomic E-state index is 0.0544. The number of nitrogens with one attached hydrogen (secondary N) is 1. The average molecular weight is 337 g/mol. The summed E-state index contributed by atoms with van der Waals surface area (Å²) in [5, 5.41) is 3.41. The summed E-state index contributed by atoms with van der Waals surface area (Å²) in [7, 11) is 0. The van der Waals surface area contributed by atoms with Crippen molar-refractivity contribution in [1.29, 1.82) is 0 Å². The van der Waals surface area contributed by atoms with Crippen molar-refractivity contribution in [1.82, 2.24) is 0 Å². The van der Waals surface area contributed by atoms with E-state index in [0.717, 1.165) is 12.1 Å². The van der Waals surface area contributed by atoms with Crippen LogP contribution in [0.3, 0.4) is 0 Å². The maximum absolute atomic E-state index is 13.4. The number of anilines is 1. The molecule has 0 aliphatic heterocycles. The first-order chi connectivity index (χ1) is 9.38. The maximum atomic E-state index is 13.4. The van der Waals surface area contributed by atoms with Gasteiger partial charge in [0.2, 0.25) is 0 Å². The lowest BCUT2D eigenvalue weighted by atomic mass is 10.1. The van der Waals surface area contributed by atoms with Crippen LogP contribution in [0.4, 0.5) is 14.5 Å². The third-order valence-electron chi connectivity index (χ3n) is 2.81. The van der Waals surface area contributed by atoms with Crippen LogP contribution in [0.1, 0.15) is 18.5 Å². The second kappa shape index (κ2) is 6.17. The molecule has 6 heteroatoms. The molecule has 2 aromatic carbocycles. The first kappa shape index (κ1) is 15.4. The Balaban J connectivity index is 2.27. The number of hydrogen-bond acceptors (Lipinski definition) is 1. The van der Waals surface area contributed by atoms with Crippen molar-refractivity contribution in [3.8, 4) is 0 Å². The van der Waals surface area contributed by atoms with Gasteiger partial charge in [0.1, 0.15) is 11.6 Å². The van der Waals surface area contributed by atoms with Crippen molar-refractivity contribution >= 4 is 40.5 Å². The van der Waals surface area contributed by atoms with E-state index >= 15 is 0 Å². The van der Waals surface area contributed by atoms with Crippen LogP contribution in [0.15, 0.2) is 30.3 Å². The molecule has 0 heterocycles. The first-order valence-electron chi connectivity index (χ1n) is 5.74. The fourth-order valence-electron chi connectivity index (χ4n) is 1.76. The Morgan fingerprint density at radius 1 is 0.950 bits per heavy atom. The zero-order chi connectivity index (χ0) is 14.9. The lowest BCUT2D eigenvalue weighted by Crippen LogP contribution is -2.08. The summed E-state index contributed by atoms with van der Waals surface area (Å²) in [6, 6.07) is 6.52. The molecule has 2 rings (SSSR count).